The van der Waals surface area contributed by atoms with E-state index in [1.807, 2.05) is 31.2 Å². The first-order chi connectivity index (χ1) is 18.8. The van der Waals surface area contributed by atoms with Crippen molar-refractivity contribution in [2.24, 2.45) is 0 Å². The molecule has 1 saturated heterocycles. The highest BCUT2D eigenvalue weighted by atomic mass is 32.2. The van der Waals surface area contributed by atoms with E-state index in [0.29, 0.717) is 35.8 Å². The summed E-state index contributed by atoms with van der Waals surface area (Å²) in [5.74, 6) is 0.344. The van der Waals surface area contributed by atoms with E-state index in [0.717, 1.165) is 18.4 Å². The van der Waals surface area contributed by atoms with Crippen molar-refractivity contribution in [2.75, 3.05) is 39.3 Å². The third kappa shape index (κ3) is 7.59. The fourth-order valence-electron chi connectivity index (χ4n) is 4.52. The number of aromatic nitrogens is 2. The van der Waals surface area contributed by atoms with Gasteiger partial charge in [-0.15, -0.1) is 0 Å². The van der Waals surface area contributed by atoms with Crippen molar-refractivity contribution in [3.05, 3.63) is 71.5 Å². The van der Waals surface area contributed by atoms with E-state index in [-0.39, 0.29) is 42.7 Å². The van der Waals surface area contributed by atoms with Crippen molar-refractivity contribution in [1.29, 1.82) is 0 Å². The van der Waals surface area contributed by atoms with Crippen LogP contribution in [0.1, 0.15) is 29.7 Å². The minimum Gasteiger partial charge on any atom is -0.497 e. The first kappa shape index (κ1) is 28.6. The van der Waals surface area contributed by atoms with Crippen LogP contribution in [0.4, 0.5) is 10.5 Å². The lowest BCUT2D eigenvalue weighted by Crippen LogP contribution is -2.40. The predicted molar refractivity (Wildman–Crippen MR) is 148 cm³/mol. The number of hydrogen-bond donors (Lipinski definition) is 1. The van der Waals surface area contributed by atoms with Crippen molar-refractivity contribution in [3.8, 4) is 5.75 Å². The van der Waals surface area contributed by atoms with Crippen LogP contribution in [-0.2, 0) is 38.2 Å². The van der Waals surface area contributed by atoms with E-state index in [4.69, 9.17) is 14.2 Å². The monoisotopic (exact) mass is 556 g/mol. The van der Waals surface area contributed by atoms with E-state index in [9.17, 15) is 13.2 Å². The summed E-state index contributed by atoms with van der Waals surface area (Å²) >= 11 is 0. The van der Waals surface area contributed by atoms with Gasteiger partial charge in [0, 0.05) is 32.5 Å². The van der Waals surface area contributed by atoms with Crippen LogP contribution in [0.5, 0.6) is 5.75 Å². The molecule has 1 aliphatic heterocycles. The van der Waals surface area contributed by atoms with Crippen molar-refractivity contribution < 1.29 is 27.4 Å². The van der Waals surface area contributed by atoms with Crippen LogP contribution in [-0.4, -0.2) is 69.0 Å². The molecule has 2 amide bonds. The molecule has 1 unspecified atom stereocenters. The molecule has 0 saturated carbocycles. The van der Waals surface area contributed by atoms with E-state index in [2.05, 4.69) is 10.3 Å². The van der Waals surface area contributed by atoms with Gasteiger partial charge in [0.1, 0.15) is 5.75 Å². The van der Waals surface area contributed by atoms with Gasteiger partial charge < -0.3 is 29.0 Å². The smallest absolute Gasteiger partial charge is 0.322 e. The molecule has 10 nitrogen and oxygen atoms in total. The van der Waals surface area contributed by atoms with Crippen LogP contribution in [0, 0.1) is 6.92 Å². The van der Waals surface area contributed by atoms with Gasteiger partial charge in [-0.2, -0.15) is 0 Å². The molecule has 0 radical (unpaired) electrons. The minimum atomic E-state index is -3.81. The van der Waals surface area contributed by atoms with Gasteiger partial charge in [-0.3, -0.25) is 0 Å². The maximum absolute atomic E-state index is 13.5. The topological polar surface area (TPSA) is 112 Å². The molecule has 1 fully saturated rings. The van der Waals surface area contributed by atoms with Crippen molar-refractivity contribution in [3.63, 3.8) is 0 Å². The molecular weight excluding hydrogens is 520 g/mol. The van der Waals surface area contributed by atoms with Crippen LogP contribution >= 0.6 is 0 Å². The highest BCUT2D eigenvalue weighted by molar-refractivity contribution is 7.90. The summed E-state index contributed by atoms with van der Waals surface area (Å²) in [6.07, 6.45) is 3.24. The Hall–Kier alpha value is -3.41. The number of imidazole rings is 1. The van der Waals surface area contributed by atoms with Gasteiger partial charge in [-0.1, -0.05) is 29.8 Å². The average Bonchev–Trinajstić information content (AvgIpc) is 3.58. The summed E-state index contributed by atoms with van der Waals surface area (Å²) in [5.41, 5.74) is 2.95. The quantitative estimate of drug-likeness (QED) is 0.358. The minimum absolute atomic E-state index is 0.0617. The highest BCUT2D eigenvalue weighted by Gasteiger charge is 2.28. The maximum Gasteiger partial charge on any atom is 0.322 e. The SMILES string of the molecule is COCCn1c(CN(CC2CCCO2)C(=O)Nc2ccc(C)cc2)cnc1S(=O)(=O)Cc1cccc(OC)c1. The van der Waals surface area contributed by atoms with E-state index >= 15 is 0 Å². The van der Waals surface area contributed by atoms with Gasteiger partial charge in [-0.05, 0) is 49.6 Å². The molecule has 1 N–H and O–H groups in total. The van der Waals surface area contributed by atoms with E-state index in [1.54, 1.807) is 40.8 Å². The van der Waals surface area contributed by atoms with Gasteiger partial charge in [0.25, 0.3) is 0 Å². The molecule has 39 heavy (non-hydrogen) atoms. The Balaban J connectivity index is 1.60. The number of sulfone groups is 1. The summed E-state index contributed by atoms with van der Waals surface area (Å²) in [5, 5.41) is 2.89. The molecule has 0 aliphatic carbocycles. The number of methoxy groups -OCH3 is 2. The number of carbonyl (C=O) groups is 1. The zero-order chi connectivity index (χ0) is 27.8. The molecule has 2 heterocycles. The first-order valence-corrected chi connectivity index (χ1v) is 14.6. The number of aryl methyl sites for hydroxylation is 1. The number of nitrogens with one attached hydrogen (secondary N) is 1. The van der Waals surface area contributed by atoms with Crippen molar-refractivity contribution in [2.45, 2.75) is 49.9 Å². The van der Waals surface area contributed by atoms with Gasteiger partial charge in [0.2, 0.25) is 15.0 Å². The fraction of sp³-hybridized carbons (Fsp3) is 0.429. The lowest BCUT2D eigenvalue weighted by atomic mass is 10.2. The lowest BCUT2D eigenvalue weighted by Gasteiger charge is -2.26. The Bertz CT molecular complexity index is 1350. The molecule has 1 atom stereocenters. The first-order valence-electron chi connectivity index (χ1n) is 12.9. The van der Waals surface area contributed by atoms with Crippen LogP contribution in [0.2, 0.25) is 0 Å². The lowest BCUT2D eigenvalue weighted by molar-refractivity contribution is 0.0811. The van der Waals surface area contributed by atoms with Crippen LogP contribution in [0.25, 0.3) is 0 Å². The molecule has 11 heteroatoms. The molecule has 4 rings (SSSR count). The molecular formula is C28H36N4O6S. The summed E-state index contributed by atoms with van der Waals surface area (Å²) in [7, 11) is -0.721. The standard InChI is InChI=1S/C28H36N4O6S/c1-21-9-11-23(12-10-21)30-27(33)31(19-26-8-5-14-38-26)18-24-17-29-28(32(24)13-15-36-2)39(34,35)20-22-6-4-7-25(16-22)37-3/h4,6-7,9-12,16-17,26H,5,8,13-15,18-20H2,1-3H3,(H,30,33). The number of rotatable bonds is 12. The second kappa shape index (κ2) is 13.1. The fourth-order valence-corrected chi connectivity index (χ4v) is 6.03. The van der Waals surface area contributed by atoms with Crippen LogP contribution in [0.3, 0.4) is 0 Å². The van der Waals surface area contributed by atoms with E-state index in [1.165, 1.54) is 13.3 Å². The van der Waals surface area contributed by atoms with Crippen LogP contribution < -0.4 is 10.1 Å². The molecule has 0 spiro atoms. The molecule has 210 valence electrons. The third-order valence-corrected chi connectivity index (χ3v) is 8.18. The molecule has 0 bridgehead atoms. The number of urea groups is 1. The summed E-state index contributed by atoms with van der Waals surface area (Å²) < 4.78 is 44.9. The normalized spacial score (nSPS) is 15.3. The number of benzene rings is 2. The maximum atomic E-state index is 13.5. The van der Waals surface area contributed by atoms with Gasteiger partial charge in [0.15, 0.2) is 0 Å². The van der Waals surface area contributed by atoms with Gasteiger partial charge in [0.05, 0.1) is 44.0 Å². The predicted octanol–water partition coefficient (Wildman–Crippen LogP) is 4.03. The Morgan fingerprint density at radius 1 is 1.21 bits per heavy atom. The zero-order valence-corrected chi connectivity index (χ0v) is 23.4. The largest absolute Gasteiger partial charge is 0.497 e. The Labute approximate surface area is 229 Å². The number of amides is 2. The number of carbonyl (C=O) groups excluding carboxylic acids is 1. The number of nitrogens with zero attached hydrogens (tertiary/aromatic N) is 3. The molecule has 1 aromatic heterocycles. The van der Waals surface area contributed by atoms with Crippen LogP contribution in [0.15, 0.2) is 59.9 Å². The molecule has 1 aliphatic rings. The third-order valence-electron chi connectivity index (χ3n) is 6.58. The highest BCUT2D eigenvalue weighted by Crippen LogP contribution is 2.23. The summed E-state index contributed by atoms with van der Waals surface area (Å²) in [6.45, 7) is 3.73. The Kier molecular flexibility index (Phi) is 9.60. The molecule has 3 aromatic rings. The van der Waals surface area contributed by atoms with Crippen molar-refractivity contribution in [1.82, 2.24) is 14.5 Å². The number of anilines is 1. The Morgan fingerprint density at radius 2 is 2.00 bits per heavy atom. The molecule has 2 aromatic carbocycles. The van der Waals surface area contributed by atoms with Gasteiger partial charge in [-0.25, -0.2) is 18.2 Å². The summed E-state index contributed by atoms with van der Waals surface area (Å²) in [6, 6.07) is 14.2. The van der Waals surface area contributed by atoms with Crippen molar-refractivity contribution >= 4 is 21.6 Å². The van der Waals surface area contributed by atoms with Gasteiger partial charge >= 0.3 is 6.03 Å². The van der Waals surface area contributed by atoms with E-state index < -0.39 is 9.84 Å². The second-order valence-electron chi connectivity index (χ2n) is 9.60. The second-order valence-corrected chi connectivity index (χ2v) is 11.5. The summed E-state index contributed by atoms with van der Waals surface area (Å²) in [4.78, 5) is 19.4. The average molecular weight is 557 g/mol. The number of hydrogen-bond acceptors (Lipinski definition) is 7. The Morgan fingerprint density at radius 3 is 2.69 bits per heavy atom. The number of ether oxygens (including phenoxy) is 3. The zero-order valence-electron chi connectivity index (χ0n) is 22.6.